The van der Waals surface area contributed by atoms with Gasteiger partial charge < -0.3 is 32.1 Å². The van der Waals surface area contributed by atoms with E-state index >= 15 is 0 Å². The van der Waals surface area contributed by atoms with Gasteiger partial charge in [-0.1, -0.05) is 0 Å². The number of carboxylic acids is 1. The fourth-order valence-electron chi connectivity index (χ4n) is 3.17. The zero-order valence-electron chi connectivity index (χ0n) is 17.9. The number of hydrogen-bond donors (Lipinski definition) is 7. The number of rotatable bonds is 15. The summed E-state index contributed by atoms with van der Waals surface area (Å²) < 4.78 is 0. The summed E-state index contributed by atoms with van der Waals surface area (Å²) in [5, 5.41) is 20.2. The van der Waals surface area contributed by atoms with Gasteiger partial charge >= 0.3 is 5.97 Å². The molecule has 1 saturated heterocycles. The Morgan fingerprint density at radius 2 is 1.77 bits per heavy atom. The third kappa shape index (κ3) is 10.1. The molecule has 1 aliphatic heterocycles. The van der Waals surface area contributed by atoms with E-state index in [2.05, 4.69) is 33.9 Å². The number of nitrogens with one attached hydrogen (secondary N) is 4. The minimum atomic E-state index is -1.14. The highest BCUT2D eigenvalue weighted by atomic mass is 32.2. The Morgan fingerprint density at radius 1 is 1.10 bits per heavy atom. The molecule has 31 heavy (non-hydrogen) atoms. The van der Waals surface area contributed by atoms with Gasteiger partial charge in [-0.25, -0.2) is 4.79 Å². The molecule has 0 saturated carbocycles. The van der Waals surface area contributed by atoms with Crippen LogP contribution in [0.25, 0.3) is 0 Å². The summed E-state index contributed by atoms with van der Waals surface area (Å²) in [4.78, 5) is 49.2. The molecule has 0 spiro atoms. The second-order valence-electron chi connectivity index (χ2n) is 7.42. The van der Waals surface area contributed by atoms with Crippen LogP contribution in [0.3, 0.4) is 0 Å². The zero-order chi connectivity index (χ0) is 23.2. The van der Waals surface area contributed by atoms with Gasteiger partial charge in [-0.15, -0.1) is 0 Å². The van der Waals surface area contributed by atoms with Crippen LogP contribution in [0.4, 0.5) is 0 Å². The molecule has 7 N–H and O–H groups in total. The fraction of sp³-hybridized carbons (Fsp3) is 0.789. The molecule has 1 rings (SSSR count). The predicted octanol–water partition coefficient (Wildman–Crippen LogP) is -0.911. The van der Waals surface area contributed by atoms with E-state index < -0.39 is 35.9 Å². The Bertz CT molecular complexity index is 604. The van der Waals surface area contributed by atoms with Crippen molar-refractivity contribution < 1.29 is 24.3 Å². The van der Waals surface area contributed by atoms with Gasteiger partial charge in [-0.05, 0) is 63.6 Å². The lowest BCUT2D eigenvalue weighted by atomic mass is 10.1. The SMILES string of the molecule is CSCCC(NC(=O)C(CS)NC(=O)C(CCCCN)NC(=O)C1CCCN1)C(=O)O. The average molecular weight is 478 g/mol. The molecule has 178 valence electrons. The molecule has 0 aliphatic carbocycles. The Labute approximate surface area is 193 Å². The molecule has 0 aromatic heterocycles. The van der Waals surface area contributed by atoms with Gasteiger partial charge in [0, 0.05) is 5.75 Å². The van der Waals surface area contributed by atoms with Crippen molar-refractivity contribution in [3.63, 3.8) is 0 Å². The molecule has 0 bridgehead atoms. The van der Waals surface area contributed by atoms with Crippen molar-refractivity contribution in [1.82, 2.24) is 21.3 Å². The van der Waals surface area contributed by atoms with E-state index in [-0.39, 0.29) is 24.1 Å². The maximum Gasteiger partial charge on any atom is 0.326 e. The van der Waals surface area contributed by atoms with Crippen LogP contribution < -0.4 is 27.0 Å². The maximum absolute atomic E-state index is 12.8. The van der Waals surface area contributed by atoms with Gasteiger partial charge in [0.15, 0.2) is 0 Å². The highest BCUT2D eigenvalue weighted by Gasteiger charge is 2.30. The third-order valence-corrected chi connectivity index (χ3v) is 6.01. The summed E-state index contributed by atoms with van der Waals surface area (Å²) in [6.07, 6.45) is 5.43. The summed E-state index contributed by atoms with van der Waals surface area (Å²) >= 11 is 5.60. The summed E-state index contributed by atoms with van der Waals surface area (Å²) in [6, 6.07) is -3.22. The molecule has 0 aromatic rings. The number of carbonyl (C=O) groups excluding carboxylic acids is 3. The number of nitrogens with two attached hydrogens (primary N) is 1. The molecule has 1 heterocycles. The first-order valence-corrected chi connectivity index (χ1v) is 12.5. The van der Waals surface area contributed by atoms with Crippen LogP contribution in [0.2, 0.25) is 0 Å². The summed E-state index contributed by atoms with van der Waals surface area (Å²) in [5.41, 5.74) is 5.53. The van der Waals surface area contributed by atoms with Gasteiger partial charge in [0.25, 0.3) is 0 Å². The molecule has 1 aliphatic rings. The standard InChI is InChI=1S/C19H35N5O5S2/c1-31-10-7-14(19(28)29)23-18(27)15(11-30)24-17(26)13(5-2-3-8-20)22-16(25)12-6-4-9-21-12/h12-15,21,30H,2-11,20H2,1H3,(H,22,25)(H,23,27)(H,24,26)(H,28,29). The molecular weight excluding hydrogens is 442 g/mol. The van der Waals surface area contributed by atoms with Crippen molar-refractivity contribution in [3.05, 3.63) is 0 Å². The van der Waals surface area contributed by atoms with E-state index in [1.807, 2.05) is 6.26 Å². The third-order valence-electron chi connectivity index (χ3n) is 5.00. The quantitative estimate of drug-likeness (QED) is 0.118. The predicted molar refractivity (Wildman–Crippen MR) is 124 cm³/mol. The van der Waals surface area contributed by atoms with Crippen molar-refractivity contribution >= 4 is 48.1 Å². The molecule has 0 radical (unpaired) electrons. The monoisotopic (exact) mass is 477 g/mol. The molecule has 4 unspecified atom stereocenters. The number of amides is 3. The number of thiol groups is 1. The minimum Gasteiger partial charge on any atom is -0.480 e. The van der Waals surface area contributed by atoms with Crippen LogP contribution in [0.1, 0.15) is 38.5 Å². The highest BCUT2D eigenvalue weighted by molar-refractivity contribution is 7.98. The largest absolute Gasteiger partial charge is 0.480 e. The molecule has 10 nitrogen and oxygen atoms in total. The van der Waals surface area contributed by atoms with E-state index in [0.717, 1.165) is 13.0 Å². The van der Waals surface area contributed by atoms with Crippen molar-refractivity contribution in [2.24, 2.45) is 5.73 Å². The van der Waals surface area contributed by atoms with Crippen molar-refractivity contribution in [2.45, 2.75) is 62.7 Å². The van der Waals surface area contributed by atoms with E-state index in [1.165, 1.54) is 11.8 Å². The average Bonchev–Trinajstić information content (AvgIpc) is 3.28. The smallest absolute Gasteiger partial charge is 0.326 e. The minimum absolute atomic E-state index is 0.0138. The molecule has 0 aromatic carbocycles. The topological polar surface area (TPSA) is 163 Å². The van der Waals surface area contributed by atoms with E-state index in [0.29, 0.717) is 38.0 Å². The van der Waals surface area contributed by atoms with Crippen molar-refractivity contribution in [2.75, 3.05) is 30.9 Å². The number of unbranched alkanes of at least 4 members (excludes halogenated alkanes) is 1. The molecule has 3 amide bonds. The van der Waals surface area contributed by atoms with Crippen molar-refractivity contribution in [3.8, 4) is 0 Å². The Kier molecular flexibility index (Phi) is 13.6. The van der Waals surface area contributed by atoms with Gasteiger partial charge in [0.1, 0.15) is 18.1 Å². The van der Waals surface area contributed by atoms with Gasteiger partial charge in [0.2, 0.25) is 17.7 Å². The number of hydrogen-bond acceptors (Lipinski definition) is 8. The van der Waals surface area contributed by atoms with E-state index in [1.54, 1.807) is 0 Å². The lowest BCUT2D eigenvalue weighted by molar-refractivity contribution is -0.142. The van der Waals surface area contributed by atoms with Gasteiger partial charge in [0.05, 0.1) is 6.04 Å². The summed E-state index contributed by atoms with van der Waals surface area (Å²) in [7, 11) is 0. The Morgan fingerprint density at radius 3 is 2.32 bits per heavy atom. The maximum atomic E-state index is 12.8. The second-order valence-corrected chi connectivity index (χ2v) is 8.77. The molecule has 4 atom stereocenters. The highest BCUT2D eigenvalue weighted by Crippen LogP contribution is 2.08. The number of aliphatic carboxylic acids is 1. The lowest BCUT2D eigenvalue weighted by Crippen LogP contribution is -2.57. The van der Waals surface area contributed by atoms with E-state index in [4.69, 9.17) is 5.73 Å². The van der Waals surface area contributed by atoms with Crippen LogP contribution in [-0.2, 0) is 19.2 Å². The second kappa shape index (κ2) is 15.3. The van der Waals surface area contributed by atoms with Gasteiger partial charge in [-0.2, -0.15) is 24.4 Å². The lowest BCUT2D eigenvalue weighted by Gasteiger charge is -2.24. The van der Waals surface area contributed by atoms with E-state index in [9.17, 15) is 24.3 Å². The van der Waals surface area contributed by atoms with Crippen molar-refractivity contribution in [1.29, 1.82) is 0 Å². The number of thioether (sulfide) groups is 1. The first-order chi connectivity index (χ1) is 14.8. The molecular formula is C19H35N5O5S2. The summed E-state index contributed by atoms with van der Waals surface area (Å²) in [6.45, 7) is 1.23. The number of carboxylic acid groups (broad SMARTS) is 1. The normalized spacial score (nSPS) is 18.6. The molecule has 1 fully saturated rings. The fourth-order valence-corrected chi connectivity index (χ4v) is 3.90. The van der Waals surface area contributed by atoms with Crippen LogP contribution in [0, 0.1) is 0 Å². The van der Waals surface area contributed by atoms with Crippen LogP contribution >= 0.6 is 24.4 Å². The first-order valence-electron chi connectivity index (χ1n) is 10.5. The van der Waals surface area contributed by atoms with Crippen LogP contribution in [-0.4, -0.2) is 83.8 Å². The van der Waals surface area contributed by atoms with Crippen LogP contribution in [0.15, 0.2) is 0 Å². The zero-order valence-corrected chi connectivity index (χ0v) is 19.6. The Hall–Kier alpha value is -1.50. The summed E-state index contributed by atoms with van der Waals surface area (Å²) in [5.74, 6) is -1.96. The molecule has 12 heteroatoms. The first kappa shape index (κ1) is 27.5. The van der Waals surface area contributed by atoms with Gasteiger partial charge in [-0.3, -0.25) is 14.4 Å². The van der Waals surface area contributed by atoms with Crippen LogP contribution in [0.5, 0.6) is 0 Å². The number of carbonyl (C=O) groups is 4. The Balaban J connectivity index is 2.75.